The lowest BCUT2D eigenvalue weighted by atomic mass is 10.1. The van der Waals surface area contributed by atoms with Crippen LogP contribution in [-0.4, -0.2) is 36.4 Å². The van der Waals surface area contributed by atoms with Gasteiger partial charge < -0.3 is 10.1 Å². The van der Waals surface area contributed by atoms with Crippen LogP contribution >= 0.6 is 0 Å². The molecule has 0 saturated heterocycles. The Labute approximate surface area is 175 Å². The molecule has 0 fully saturated rings. The molecule has 4 rings (SSSR count). The number of aryl methyl sites for hydroxylation is 2. The predicted molar refractivity (Wildman–Crippen MR) is 117 cm³/mol. The van der Waals surface area contributed by atoms with E-state index >= 15 is 0 Å². The minimum atomic E-state index is 0.270. The molecule has 156 valence electrons. The average Bonchev–Trinajstić information content (AvgIpc) is 3.30. The summed E-state index contributed by atoms with van der Waals surface area (Å²) in [5.74, 6) is 1.69. The third-order valence-electron chi connectivity index (χ3n) is 4.88. The lowest BCUT2D eigenvalue weighted by molar-refractivity contribution is 0.328. The van der Waals surface area contributed by atoms with E-state index in [1.54, 1.807) is 6.20 Å². The Balaban J connectivity index is 1.86. The maximum atomic E-state index is 5.74. The molecule has 0 aliphatic heterocycles. The van der Waals surface area contributed by atoms with Gasteiger partial charge in [0.25, 0.3) is 0 Å². The smallest absolute Gasteiger partial charge is 0.222 e. The number of fused-ring (bicyclic) bond motifs is 1. The van der Waals surface area contributed by atoms with Gasteiger partial charge in [-0.15, -0.1) is 0 Å². The van der Waals surface area contributed by atoms with Crippen molar-refractivity contribution in [2.75, 3.05) is 11.9 Å². The number of hydrogen-bond acceptors (Lipinski definition) is 6. The Bertz CT molecular complexity index is 1180. The fourth-order valence-corrected chi connectivity index (χ4v) is 3.52. The molecule has 4 aromatic rings. The molecule has 0 atom stereocenters. The summed E-state index contributed by atoms with van der Waals surface area (Å²) in [7, 11) is 0. The van der Waals surface area contributed by atoms with Gasteiger partial charge in [0.15, 0.2) is 0 Å². The first kappa shape index (κ1) is 19.9. The number of nitrogens with one attached hydrogen (secondary N) is 2. The van der Waals surface area contributed by atoms with Crippen molar-refractivity contribution >= 4 is 11.2 Å². The molecule has 0 aliphatic carbocycles. The van der Waals surface area contributed by atoms with Crippen LogP contribution in [0.25, 0.3) is 16.8 Å². The zero-order chi connectivity index (χ0) is 21.3. The molecule has 30 heavy (non-hydrogen) atoms. The summed E-state index contributed by atoms with van der Waals surface area (Å²) in [5.41, 5.74) is 6.56. The van der Waals surface area contributed by atoms with Crippen LogP contribution in [0.3, 0.4) is 0 Å². The molecule has 0 saturated carbocycles. The van der Waals surface area contributed by atoms with Crippen molar-refractivity contribution in [1.82, 2.24) is 29.8 Å². The highest BCUT2D eigenvalue weighted by atomic mass is 16.5. The number of aromatic nitrogens is 6. The number of hydrogen-bond donors (Lipinski definition) is 2. The van der Waals surface area contributed by atoms with Gasteiger partial charge in [0.2, 0.25) is 5.88 Å². The maximum Gasteiger partial charge on any atom is 0.222 e. The van der Waals surface area contributed by atoms with Crippen molar-refractivity contribution in [3.05, 3.63) is 53.4 Å². The van der Waals surface area contributed by atoms with Crippen molar-refractivity contribution in [2.24, 2.45) is 0 Å². The molecule has 2 N–H and O–H groups in total. The molecule has 0 aromatic carbocycles. The summed E-state index contributed by atoms with van der Waals surface area (Å²) in [5, 5.41) is 15.8. The second-order valence-electron chi connectivity index (χ2n) is 7.59. The van der Waals surface area contributed by atoms with Crippen LogP contribution in [0.5, 0.6) is 5.88 Å². The summed E-state index contributed by atoms with van der Waals surface area (Å²) < 4.78 is 7.65. The van der Waals surface area contributed by atoms with Gasteiger partial charge in [-0.1, -0.05) is 13.8 Å². The number of rotatable bonds is 7. The van der Waals surface area contributed by atoms with Crippen LogP contribution in [0.4, 0.5) is 5.69 Å². The fraction of sp³-hybridized carbons (Fsp3) is 0.364. The molecule has 0 amide bonds. The molecule has 4 heterocycles. The van der Waals surface area contributed by atoms with E-state index in [2.05, 4.69) is 34.3 Å². The minimum absolute atomic E-state index is 0.270. The largest absolute Gasteiger partial charge is 0.477 e. The normalized spacial score (nSPS) is 11.4. The number of imidazole rings is 1. The van der Waals surface area contributed by atoms with Crippen molar-refractivity contribution in [3.8, 4) is 17.1 Å². The molecule has 0 aliphatic rings. The number of ether oxygens (including phenoxy) is 1. The summed E-state index contributed by atoms with van der Waals surface area (Å²) >= 11 is 0. The first-order chi connectivity index (χ1) is 14.5. The third-order valence-corrected chi connectivity index (χ3v) is 4.88. The summed E-state index contributed by atoms with van der Waals surface area (Å²) in [4.78, 5) is 9.18. The van der Waals surface area contributed by atoms with Gasteiger partial charge in [0.1, 0.15) is 11.3 Å². The molecule has 0 radical (unpaired) electrons. The van der Waals surface area contributed by atoms with E-state index in [1.807, 2.05) is 49.6 Å². The zero-order valence-corrected chi connectivity index (χ0v) is 18.0. The number of H-pyrrole nitrogens is 1. The lowest BCUT2D eigenvalue weighted by Crippen LogP contribution is -2.07. The van der Waals surface area contributed by atoms with Crippen LogP contribution in [0.15, 0.2) is 30.5 Å². The molecule has 0 bridgehead atoms. The van der Waals surface area contributed by atoms with Crippen molar-refractivity contribution in [2.45, 2.75) is 47.1 Å². The quantitative estimate of drug-likeness (QED) is 0.477. The van der Waals surface area contributed by atoms with E-state index in [4.69, 9.17) is 14.8 Å². The average molecular weight is 406 g/mol. The SMILES string of the molecule is CCOc1ncccc1-c1cc(NCc2cc(C)[nH]n2)c2c(C(C)C)nc(C)n2n1. The number of anilines is 1. The van der Waals surface area contributed by atoms with E-state index in [9.17, 15) is 0 Å². The van der Waals surface area contributed by atoms with E-state index in [1.165, 1.54) is 0 Å². The van der Waals surface area contributed by atoms with Crippen LogP contribution in [0.2, 0.25) is 0 Å². The van der Waals surface area contributed by atoms with E-state index in [-0.39, 0.29) is 5.92 Å². The Morgan fingerprint density at radius 2 is 2.07 bits per heavy atom. The Kier molecular flexibility index (Phi) is 5.39. The van der Waals surface area contributed by atoms with Gasteiger partial charge in [-0.25, -0.2) is 14.5 Å². The standard InChI is InChI=1S/C22H27N7O/c1-6-30-22-17(8-7-9-23-22)18-11-19(24-12-16-10-14(4)26-27-16)21-20(13(2)3)25-15(5)29(21)28-18/h7-11,13,24H,6,12H2,1-5H3,(H,26,27). The molecule has 0 unspecified atom stereocenters. The first-order valence-electron chi connectivity index (χ1n) is 10.2. The highest BCUT2D eigenvalue weighted by Crippen LogP contribution is 2.33. The number of aromatic amines is 1. The van der Waals surface area contributed by atoms with Gasteiger partial charge in [-0.3, -0.25) is 5.10 Å². The van der Waals surface area contributed by atoms with Crippen LogP contribution in [0.1, 0.15) is 49.6 Å². The predicted octanol–water partition coefficient (Wildman–Crippen LogP) is 4.27. The van der Waals surface area contributed by atoms with Gasteiger partial charge in [0.05, 0.1) is 41.5 Å². The topological polar surface area (TPSA) is 93.0 Å². The minimum Gasteiger partial charge on any atom is -0.477 e. The monoisotopic (exact) mass is 405 g/mol. The van der Waals surface area contributed by atoms with E-state index < -0.39 is 0 Å². The third kappa shape index (κ3) is 3.72. The van der Waals surface area contributed by atoms with E-state index in [0.717, 1.165) is 45.4 Å². The van der Waals surface area contributed by atoms with Crippen molar-refractivity contribution in [3.63, 3.8) is 0 Å². The lowest BCUT2D eigenvalue weighted by Gasteiger charge is -2.14. The Morgan fingerprint density at radius 1 is 1.23 bits per heavy atom. The molecule has 4 aromatic heterocycles. The number of pyridine rings is 1. The summed E-state index contributed by atoms with van der Waals surface area (Å²) in [6.07, 6.45) is 1.73. The first-order valence-corrected chi connectivity index (χ1v) is 10.2. The molecule has 8 nitrogen and oxygen atoms in total. The fourth-order valence-electron chi connectivity index (χ4n) is 3.52. The molecular weight excluding hydrogens is 378 g/mol. The molecule has 0 spiro atoms. The summed E-state index contributed by atoms with van der Waals surface area (Å²) in [6.45, 7) is 11.3. The van der Waals surface area contributed by atoms with E-state index in [0.29, 0.717) is 19.0 Å². The molecule has 8 heteroatoms. The second-order valence-corrected chi connectivity index (χ2v) is 7.59. The second kappa shape index (κ2) is 8.14. The number of nitrogens with zero attached hydrogens (tertiary/aromatic N) is 5. The van der Waals surface area contributed by atoms with Gasteiger partial charge in [-0.2, -0.15) is 10.2 Å². The molecular formula is C22H27N7O. The zero-order valence-electron chi connectivity index (χ0n) is 18.0. The maximum absolute atomic E-state index is 5.74. The van der Waals surface area contributed by atoms with Crippen LogP contribution in [0, 0.1) is 13.8 Å². The van der Waals surface area contributed by atoms with Crippen LogP contribution < -0.4 is 10.1 Å². The van der Waals surface area contributed by atoms with Gasteiger partial charge >= 0.3 is 0 Å². The Hall–Kier alpha value is -3.42. The Morgan fingerprint density at radius 3 is 2.77 bits per heavy atom. The summed E-state index contributed by atoms with van der Waals surface area (Å²) in [6, 6.07) is 7.94. The van der Waals surface area contributed by atoms with Crippen LogP contribution in [-0.2, 0) is 6.54 Å². The van der Waals surface area contributed by atoms with Gasteiger partial charge in [0, 0.05) is 11.9 Å². The highest BCUT2D eigenvalue weighted by Gasteiger charge is 2.20. The highest BCUT2D eigenvalue weighted by molar-refractivity contribution is 5.80. The van der Waals surface area contributed by atoms with Crippen molar-refractivity contribution in [1.29, 1.82) is 0 Å². The van der Waals surface area contributed by atoms with Crippen molar-refractivity contribution < 1.29 is 4.74 Å². The van der Waals surface area contributed by atoms with Gasteiger partial charge in [-0.05, 0) is 51.0 Å².